The van der Waals surface area contributed by atoms with Gasteiger partial charge in [-0.1, -0.05) is 29.8 Å². The van der Waals surface area contributed by atoms with Gasteiger partial charge in [0.05, 0.1) is 17.3 Å². The number of nitrogen functional groups attached to an aromatic ring is 1. The lowest BCUT2D eigenvalue weighted by atomic mass is 10.1. The maximum absolute atomic E-state index is 12.4. The molecule has 2 N–H and O–H groups in total. The van der Waals surface area contributed by atoms with Crippen LogP contribution in [0.15, 0.2) is 61.1 Å². The van der Waals surface area contributed by atoms with Crippen LogP contribution in [0.2, 0.25) is 5.02 Å². The number of amides is 1. The highest BCUT2D eigenvalue weighted by molar-refractivity contribution is 6.30. The monoisotopic (exact) mass is 462 g/mol. The largest absolute Gasteiger partial charge is 0.383 e. The smallest absolute Gasteiger partial charge is 0.251 e. The number of carbonyl (C=O) groups is 1. The van der Waals surface area contributed by atoms with Gasteiger partial charge in [0.1, 0.15) is 23.7 Å². The second kappa shape index (κ2) is 9.35. The molecule has 1 aromatic carbocycles. The molecule has 0 fully saturated rings. The van der Waals surface area contributed by atoms with Crippen molar-refractivity contribution in [2.24, 2.45) is 0 Å². The van der Waals surface area contributed by atoms with Crippen LogP contribution in [0.25, 0.3) is 28.0 Å². The summed E-state index contributed by atoms with van der Waals surface area (Å²) in [6.45, 7) is 0.680. The Morgan fingerprint density at radius 2 is 1.85 bits per heavy atom. The summed E-state index contributed by atoms with van der Waals surface area (Å²) in [5.74, 6) is 0.685. The van der Waals surface area contributed by atoms with Crippen LogP contribution < -0.4 is 10.6 Å². The lowest BCUT2D eigenvalue weighted by Gasteiger charge is -2.14. The Kier molecular flexibility index (Phi) is 6.34. The summed E-state index contributed by atoms with van der Waals surface area (Å²) in [5, 5.41) is 6.01. The summed E-state index contributed by atoms with van der Waals surface area (Å²) in [4.78, 5) is 28.8. The minimum atomic E-state index is -0.160. The molecule has 1 amide bonds. The SMILES string of the molecule is CN(C)C/C=C/C(=O)N(C)c1ccc(-n2nc(-c3ccc(Cl)cc3)c3c(N)ncnc32)cn1. The number of carbonyl (C=O) groups excluding carboxylic acids is 1. The lowest BCUT2D eigenvalue weighted by Crippen LogP contribution is -2.25. The van der Waals surface area contributed by atoms with Crippen molar-refractivity contribution in [3.05, 3.63) is 66.1 Å². The minimum absolute atomic E-state index is 0.160. The number of anilines is 2. The van der Waals surface area contributed by atoms with Gasteiger partial charge in [-0.25, -0.2) is 19.6 Å². The molecule has 0 aliphatic carbocycles. The van der Waals surface area contributed by atoms with Crippen molar-refractivity contribution < 1.29 is 4.79 Å². The van der Waals surface area contributed by atoms with Gasteiger partial charge in [0.15, 0.2) is 5.65 Å². The summed E-state index contributed by atoms with van der Waals surface area (Å²) in [6.07, 6.45) is 6.38. The van der Waals surface area contributed by atoms with E-state index in [-0.39, 0.29) is 5.91 Å². The average molecular weight is 463 g/mol. The summed E-state index contributed by atoms with van der Waals surface area (Å²) in [5.41, 5.74) is 8.88. The van der Waals surface area contributed by atoms with Gasteiger partial charge >= 0.3 is 0 Å². The first-order chi connectivity index (χ1) is 15.8. The van der Waals surface area contributed by atoms with Crippen molar-refractivity contribution >= 4 is 40.2 Å². The zero-order valence-corrected chi connectivity index (χ0v) is 19.2. The summed E-state index contributed by atoms with van der Waals surface area (Å²) >= 11 is 6.04. The first kappa shape index (κ1) is 22.4. The zero-order chi connectivity index (χ0) is 23.5. The van der Waals surface area contributed by atoms with Crippen molar-refractivity contribution in [2.45, 2.75) is 0 Å². The molecule has 0 aliphatic rings. The van der Waals surface area contributed by atoms with Gasteiger partial charge in [-0.2, -0.15) is 5.10 Å². The number of hydrogen-bond donors (Lipinski definition) is 1. The van der Waals surface area contributed by atoms with Crippen LogP contribution in [0, 0.1) is 0 Å². The Labute approximate surface area is 196 Å². The van der Waals surface area contributed by atoms with Gasteiger partial charge in [0, 0.05) is 30.3 Å². The van der Waals surface area contributed by atoms with Crippen LogP contribution in [0.5, 0.6) is 0 Å². The number of halogens is 1. The van der Waals surface area contributed by atoms with Crippen molar-refractivity contribution in [1.82, 2.24) is 29.6 Å². The lowest BCUT2D eigenvalue weighted by molar-refractivity contribution is -0.113. The Balaban J connectivity index is 1.69. The first-order valence-electron chi connectivity index (χ1n) is 10.2. The molecule has 0 unspecified atom stereocenters. The van der Waals surface area contributed by atoms with Gasteiger partial charge in [0.2, 0.25) is 0 Å². The summed E-state index contributed by atoms with van der Waals surface area (Å²) in [7, 11) is 5.56. The maximum atomic E-state index is 12.4. The van der Waals surface area contributed by atoms with Gasteiger partial charge in [-0.05, 0) is 38.4 Å². The molecule has 0 spiro atoms. The number of rotatable bonds is 6. The maximum Gasteiger partial charge on any atom is 0.251 e. The van der Waals surface area contributed by atoms with E-state index in [1.807, 2.05) is 43.3 Å². The van der Waals surface area contributed by atoms with Crippen molar-refractivity contribution in [2.75, 3.05) is 38.3 Å². The van der Waals surface area contributed by atoms with E-state index in [1.165, 1.54) is 17.3 Å². The third kappa shape index (κ3) is 4.69. The van der Waals surface area contributed by atoms with E-state index in [4.69, 9.17) is 22.4 Å². The van der Waals surface area contributed by atoms with E-state index in [1.54, 1.807) is 36.1 Å². The van der Waals surface area contributed by atoms with E-state index in [9.17, 15) is 4.79 Å². The standard InChI is InChI=1S/C23H23ClN8O/c1-30(2)12-4-5-19(33)31(3)18-11-10-17(13-26-18)32-23-20(22(25)27-14-28-23)21(29-32)15-6-8-16(24)9-7-15/h4-11,13-14H,12H2,1-3H3,(H2,25,27,28)/b5-4+. The van der Waals surface area contributed by atoms with Gasteiger partial charge < -0.3 is 10.6 Å². The highest BCUT2D eigenvalue weighted by Gasteiger charge is 2.18. The minimum Gasteiger partial charge on any atom is -0.383 e. The van der Waals surface area contributed by atoms with E-state index < -0.39 is 0 Å². The van der Waals surface area contributed by atoms with Crippen LogP contribution >= 0.6 is 11.6 Å². The predicted molar refractivity (Wildman–Crippen MR) is 130 cm³/mol. The van der Waals surface area contributed by atoms with Gasteiger partial charge in [0.25, 0.3) is 5.91 Å². The van der Waals surface area contributed by atoms with E-state index >= 15 is 0 Å². The molecule has 3 heterocycles. The molecule has 0 aliphatic heterocycles. The Hall–Kier alpha value is -3.82. The molecule has 0 bridgehead atoms. The second-order valence-electron chi connectivity index (χ2n) is 7.66. The summed E-state index contributed by atoms with van der Waals surface area (Å²) in [6, 6.07) is 10.9. The first-order valence-corrected chi connectivity index (χ1v) is 10.5. The van der Waals surface area contributed by atoms with Crippen molar-refractivity contribution in [3.8, 4) is 16.9 Å². The summed E-state index contributed by atoms with van der Waals surface area (Å²) < 4.78 is 1.66. The van der Waals surface area contributed by atoms with E-state index in [0.717, 1.165) is 5.56 Å². The molecule has 0 radical (unpaired) electrons. The molecule has 0 atom stereocenters. The fraction of sp³-hybridized carbons (Fsp3) is 0.174. The van der Waals surface area contributed by atoms with Crippen LogP contribution in [0.3, 0.4) is 0 Å². The highest BCUT2D eigenvalue weighted by Crippen LogP contribution is 2.32. The molecule has 0 saturated heterocycles. The van der Waals surface area contributed by atoms with Crippen LogP contribution in [0.4, 0.5) is 11.6 Å². The Morgan fingerprint density at radius 3 is 2.52 bits per heavy atom. The van der Waals surface area contributed by atoms with E-state index in [0.29, 0.717) is 45.6 Å². The normalized spacial score (nSPS) is 11.5. The topological polar surface area (TPSA) is 106 Å². The average Bonchev–Trinajstić information content (AvgIpc) is 3.20. The van der Waals surface area contributed by atoms with Gasteiger partial charge in [-0.3, -0.25) is 9.69 Å². The number of aromatic nitrogens is 5. The van der Waals surface area contributed by atoms with Gasteiger partial charge in [-0.15, -0.1) is 0 Å². The van der Waals surface area contributed by atoms with Crippen LogP contribution in [0.1, 0.15) is 0 Å². The number of benzene rings is 1. The molecular weight excluding hydrogens is 440 g/mol. The van der Waals surface area contributed by atoms with Crippen molar-refractivity contribution in [1.29, 1.82) is 0 Å². The molecule has 9 nitrogen and oxygen atoms in total. The Morgan fingerprint density at radius 1 is 1.09 bits per heavy atom. The number of pyridine rings is 1. The third-order valence-electron chi connectivity index (χ3n) is 4.99. The number of hydrogen-bond acceptors (Lipinski definition) is 7. The fourth-order valence-electron chi connectivity index (χ4n) is 3.26. The molecule has 33 heavy (non-hydrogen) atoms. The number of nitrogens with zero attached hydrogens (tertiary/aromatic N) is 7. The molecule has 168 valence electrons. The molecule has 0 saturated carbocycles. The van der Waals surface area contributed by atoms with Crippen LogP contribution in [-0.4, -0.2) is 63.2 Å². The number of likely N-dealkylation sites (N-methyl/N-ethyl adjacent to an activating group) is 2. The zero-order valence-electron chi connectivity index (χ0n) is 18.5. The molecule has 4 rings (SSSR count). The van der Waals surface area contributed by atoms with Crippen molar-refractivity contribution in [3.63, 3.8) is 0 Å². The second-order valence-corrected chi connectivity index (χ2v) is 8.10. The molecule has 4 aromatic rings. The Bertz CT molecular complexity index is 1310. The molecule has 10 heteroatoms. The molecular formula is C23H23ClN8O. The van der Waals surface area contributed by atoms with Crippen LogP contribution in [-0.2, 0) is 4.79 Å². The highest BCUT2D eigenvalue weighted by atomic mass is 35.5. The van der Waals surface area contributed by atoms with E-state index in [2.05, 4.69) is 15.0 Å². The number of nitrogens with two attached hydrogens (primary N) is 1. The quantitative estimate of drug-likeness (QED) is 0.438. The number of fused-ring (bicyclic) bond motifs is 1. The third-order valence-corrected chi connectivity index (χ3v) is 5.25. The fourth-order valence-corrected chi connectivity index (χ4v) is 3.38. The predicted octanol–water partition coefficient (Wildman–Crippen LogP) is 3.19. The molecule has 3 aromatic heterocycles.